The van der Waals surface area contributed by atoms with Crippen LogP contribution in [0.25, 0.3) is 0 Å². The first-order valence-electron chi connectivity index (χ1n) is 6.82. The second-order valence-electron chi connectivity index (χ2n) is 5.72. The van der Waals surface area contributed by atoms with Gasteiger partial charge in [0.05, 0.1) is 24.7 Å². The minimum Gasteiger partial charge on any atom is -0.472 e. The highest BCUT2D eigenvalue weighted by Gasteiger charge is 2.39. The molecular weight excluding hydrogens is 228 g/mol. The number of ether oxygens (including phenoxy) is 1. The maximum atomic E-state index is 6.12. The molecule has 0 aromatic carbocycles. The molecule has 4 nitrogen and oxygen atoms in total. The monoisotopic (exact) mass is 250 g/mol. The molecule has 2 aliphatic rings. The quantitative estimate of drug-likeness (QED) is 0.797. The second-order valence-corrected chi connectivity index (χ2v) is 5.72. The third-order valence-corrected chi connectivity index (χ3v) is 4.04. The summed E-state index contributed by atoms with van der Waals surface area (Å²) in [7, 11) is 2.19. The summed E-state index contributed by atoms with van der Waals surface area (Å²) in [5, 5.41) is 0. The van der Waals surface area contributed by atoms with Crippen molar-refractivity contribution in [1.82, 2.24) is 9.80 Å². The molecule has 0 aliphatic carbocycles. The first kappa shape index (κ1) is 12.2. The first-order valence-corrected chi connectivity index (χ1v) is 6.82. The van der Waals surface area contributed by atoms with E-state index < -0.39 is 0 Å². The summed E-state index contributed by atoms with van der Waals surface area (Å²) < 4.78 is 11.3. The summed E-state index contributed by atoms with van der Waals surface area (Å²) in [6.45, 7) is 6.18. The molecule has 1 aromatic heterocycles. The van der Waals surface area contributed by atoms with E-state index in [1.165, 1.54) is 24.9 Å². The second kappa shape index (κ2) is 5.03. The van der Waals surface area contributed by atoms with Crippen LogP contribution in [0, 0.1) is 0 Å². The Balaban J connectivity index is 1.64. The molecule has 0 bridgehead atoms. The number of hydrogen-bond donors (Lipinski definition) is 0. The lowest BCUT2D eigenvalue weighted by Crippen LogP contribution is -2.58. The zero-order valence-corrected chi connectivity index (χ0v) is 11.1. The highest BCUT2D eigenvalue weighted by atomic mass is 16.5. The normalized spacial score (nSPS) is 30.9. The van der Waals surface area contributed by atoms with E-state index in [1.807, 2.05) is 6.26 Å². The number of rotatable bonds is 2. The fraction of sp³-hybridized carbons (Fsp3) is 0.714. The summed E-state index contributed by atoms with van der Waals surface area (Å²) in [6, 6.07) is 2.05. The molecule has 3 rings (SSSR count). The van der Waals surface area contributed by atoms with Crippen molar-refractivity contribution in [2.45, 2.75) is 25.0 Å². The van der Waals surface area contributed by atoms with Gasteiger partial charge in [-0.25, -0.2) is 0 Å². The lowest BCUT2D eigenvalue weighted by molar-refractivity contribution is -0.136. The molecule has 100 valence electrons. The number of likely N-dealkylation sites (N-methyl/N-ethyl adjacent to an activating group) is 1. The fourth-order valence-corrected chi connectivity index (χ4v) is 3.25. The van der Waals surface area contributed by atoms with E-state index in [1.54, 1.807) is 6.26 Å². The van der Waals surface area contributed by atoms with Crippen LogP contribution in [0.3, 0.4) is 0 Å². The minimum atomic E-state index is 0.0645. The SMILES string of the molecule is CN1CCO[C@@]2(CCCN(Cc3ccoc3)C2)C1. The van der Waals surface area contributed by atoms with Gasteiger partial charge in [-0.05, 0) is 32.5 Å². The van der Waals surface area contributed by atoms with Crippen molar-refractivity contribution in [1.29, 1.82) is 0 Å². The Hall–Kier alpha value is -0.840. The molecule has 4 heteroatoms. The lowest BCUT2D eigenvalue weighted by Gasteiger charge is -2.47. The number of morpholine rings is 1. The largest absolute Gasteiger partial charge is 0.472 e. The summed E-state index contributed by atoms with van der Waals surface area (Å²) in [5.74, 6) is 0. The molecule has 18 heavy (non-hydrogen) atoms. The van der Waals surface area contributed by atoms with Crippen LogP contribution in [-0.4, -0.2) is 55.2 Å². The summed E-state index contributed by atoms with van der Waals surface area (Å²) in [6.07, 6.45) is 6.01. The van der Waals surface area contributed by atoms with E-state index in [-0.39, 0.29) is 5.60 Å². The first-order chi connectivity index (χ1) is 8.76. The van der Waals surface area contributed by atoms with Crippen molar-refractivity contribution in [3.8, 4) is 0 Å². The highest BCUT2D eigenvalue weighted by molar-refractivity contribution is 5.06. The van der Waals surface area contributed by atoms with Crippen LogP contribution in [0.1, 0.15) is 18.4 Å². The van der Waals surface area contributed by atoms with Gasteiger partial charge in [-0.2, -0.15) is 0 Å². The van der Waals surface area contributed by atoms with Crippen LogP contribution in [0.15, 0.2) is 23.0 Å². The minimum absolute atomic E-state index is 0.0645. The van der Waals surface area contributed by atoms with Crippen LogP contribution < -0.4 is 0 Å². The Morgan fingerprint density at radius 2 is 2.28 bits per heavy atom. The highest BCUT2D eigenvalue weighted by Crippen LogP contribution is 2.29. The maximum Gasteiger partial charge on any atom is 0.0947 e. The number of furan rings is 1. The van der Waals surface area contributed by atoms with Crippen LogP contribution in [0.5, 0.6) is 0 Å². The number of hydrogen-bond acceptors (Lipinski definition) is 4. The summed E-state index contributed by atoms with van der Waals surface area (Å²) in [4.78, 5) is 4.89. The molecule has 3 heterocycles. The van der Waals surface area contributed by atoms with Gasteiger partial charge >= 0.3 is 0 Å². The Kier molecular flexibility index (Phi) is 3.41. The smallest absolute Gasteiger partial charge is 0.0947 e. The van der Waals surface area contributed by atoms with Crippen LogP contribution in [0.4, 0.5) is 0 Å². The molecule has 0 unspecified atom stereocenters. The predicted molar refractivity (Wildman–Crippen MR) is 69.4 cm³/mol. The molecule has 0 N–H and O–H groups in total. The molecular formula is C14H22N2O2. The Morgan fingerprint density at radius 3 is 3.06 bits per heavy atom. The Labute approximate surface area is 108 Å². The predicted octanol–water partition coefficient (Wildman–Crippen LogP) is 1.58. The van der Waals surface area contributed by atoms with Gasteiger partial charge in [0.2, 0.25) is 0 Å². The average Bonchev–Trinajstić information content (AvgIpc) is 2.81. The number of likely N-dealkylation sites (tertiary alicyclic amines) is 1. The summed E-state index contributed by atoms with van der Waals surface area (Å²) in [5.41, 5.74) is 1.32. The van der Waals surface area contributed by atoms with Crippen molar-refractivity contribution in [3.05, 3.63) is 24.2 Å². The van der Waals surface area contributed by atoms with Crippen molar-refractivity contribution in [2.24, 2.45) is 0 Å². The van der Waals surface area contributed by atoms with Crippen molar-refractivity contribution >= 4 is 0 Å². The van der Waals surface area contributed by atoms with Gasteiger partial charge < -0.3 is 14.1 Å². The van der Waals surface area contributed by atoms with Crippen molar-refractivity contribution in [2.75, 3.05) is 39.8 Å². The third kappa shape index (κ3) is 2.60. The number of piperidine rings is 1. The van der Waals surface area contributed by atoms with Gasteiger partial charge in [0.1, 0.15) is 0 Å². The molecule has 1 atom stereocenters. The van der Waals surface area contributed by atoms with Gasteiger partial charge in [0, 0.05) is 31.7 Å². The average molecular weight is 250 g/mol. The van der Waals surface area contributed by atoms with Gasteiger partial charge in [-0.3, -0.25) is 4.90 Å². The summed E-state index contributed by atoms with van der Waals surface area (Å²) >= 11 is 0. The van der Waals surface area contributed by atoms with Gasteiger partial charge in [0.15, 0.2) is 0 Å². The molecule has 0 radical (unpaired) electrons. The van der Waals surface area contributed by atoms with E-state index in [0.717, 1.165) is 32.8 Å². The third-order valence-electron chi connectivity index (χ3n) is 4.04. The molecule has 0 saturated carbocycles. The van der Waals surface area contributed by atoms with E-state index in [0.29, 0.717) is 0 Å². The molecule has 1 aromatic rings. The zero-order chi connectivity index (χ0) is 12.4. The molecule has 1 spiro atoms. The van der Waals surface area contributed by atoms with Crippen molar-refractivity contribution in [3.63, 3.8) is 0 Å². The van der Waals surface area contributed by atoms with Crippen molar-refractivity contribution < 1.29 is 9.15 Å². The standard InChI is InChI=1S/C14H22N2O2/c1-15-6-8-18-14(11-15)4-2-5-16(12-14)9-13-3-7-17-10-13/h3,7,10H,2,4-6,8-9,11-12H2,1H3/t14-/m0/s1. The van der Waals surface area contributed by atoms with E-state index in [2.05, 4.69) is 22.9 Å². The maximum absolute atomic E-state index is 6.12. The van der Waals surface area contributed by atoms with Gasteiger partial charge in [-0.1, -0.05) is 0 Å². The van der Waals surface area contributed by atoms with Crippen LogP contribution in [0.2, 0.25) is 0 Å². The molecule has 2 fully saturated rings. The van der Waals surface area contributed by atoms with Gasteiger partial charge in [-0.15, -0.1) is 0 Å². The van der Waals surface area contributed by atoms with E-state index in [9.17, 15) is 0 Å². The van der Waals surface area contributed by atoms with E-state index in [4.69, 9.17) is 9.15 Å². The van der Waals surface area contributed by atoms with Gasteiger partial charge in [0.25, 0.3) is 0 Å². The molecule has 2 saturated heterocycles. The Bertz CT molecular complexity index is 375. The van der Waals surface area contributed by atoms with E-state index >= 15 is 0 Å². The fourth-order valence-electron chi connectivity index (χ4n) is 3.25. The van der Waals surface area contributed by atoms with Crippen LogP contribution >= 0.6 is 0 Å². The zero-order valence-electron chi connectivity index (χ0n) is 11.1. The number of nitrogens with zero attached hydrogens (tertiary/aromatic N) is 2. The lowest BCUT2D eigenvalue weighted by atomic mass is 9.90. The van der Waals surface area contributed by atoms with Crippen LogP contribution in [-0.2, 0) is 11.3 Å². The molecule has 0 amide bonds. The Morgan fingerprint density at radius 1 is 1.33 bits per heavy atom. The topological polar surface area (TPSA) is 28.9 Å². The molecule has 2 aliphatic heterocycles.